The number of hydrogen-bond acceptors (Lipinski definition) is 1. The molecule has 0 aliphatic heterocycles. The molecule has 2 nitrogen and oxygen atoms in total. The monoisotopic (exact) mass is 225 g/mol. The molecule has 0 fully saturated rings. The van der Waals surface area contributed by atoms with Crippen molar-refractivity contribution < 1.29 is 4.79 Å². The van der Waals surface area contributed by atoms with Gasteiger partial charge in [0.15, 0.2) is 0 Å². The van der Waals surface area contributed by atoms with Crippen molar-refractivity contribution in [2.24, 2.45) is 0 Å². The molecule has 0 heterocycles. The Balaban J connectivity index is 2.41. The van der Waals surface area contributed by atoms with Crippen molar-refractivity contribution in [3.05, 3.63) is 35.9 Å². The third kappa shape index (κ3) is 4.34. The van der Waals surface area contributed by atoms with Crippen molar-refractivity contribution in [2.75, 3.05) is 6.54 Å². The molecule has 1 aromatic rings. The average molecular weight is 226 g/mol. The summed E-state index contributed by atoms with van der Waals surface area (Å²) in [6, 6.07) is 9.79. The zero-order valence-electron chi connectivity index (χ0n) is 8.87. The van der Waals surface area contributed by atoms with Gasteiger partial charge in [-0.1, -0.05) is 37.3 Å². The van der Waals surface area contributed by atoms with Crippen LogP contribution in [0.5, 0.6) is 0 Å². The lowest BCUT2D eigenvalue weighted by molar-refractivity contribution is -0.120. The van der Waals surface area contributed by atoms with Crippen molar-refractivity contribution in [1.82, 2.24) is 5.32 Å². The lowest BCUT2D eigenvalue weighted by atomic mass is 10.1. The van der Waals surface area contributed by atoms with Gasteiger partial charge in [0.05, 0.1) is 0 Å². The highest BCUT2D eigenvalue weighted by Gasteiger charge is 2.14. The quantitative estimate of drug-likeness (QED) is 0.766. The van der Waals surface area contributed by atoms with Crippen molar-refractivity contribution in [3.63, 3.8) is 0 Å². The summed E-state index contributed by atoms with van der Waals surface area (Å²) in [4.78, 5) is 11.5. The highest BCUT2D eigenvalue weighted by atomic mass is 35.5. The molecule has 0 aliphatic carbocycles. The molecule has 1 aromatic carbocycles. The zero-order valence-corrected chi connectivity index (χ0v) is 9.63. The van der Waals surface area contributed by atoms with Crippen LogP contribution >= 0.6 is 11.6 Å². The maximum Gasteiger partial charge on any atom is 0.238 e. The van der Waals surface area contributed by atoms with Crippen molar-refractivity contribution in [1.29, 1.82) is 0 Å². The summed E-state index contributed by atoms with van der Waals surface area (Å²) in [6.07, 6.45) is 1.51. The Labute approximate surface area is 95.6 Å². The third-order valence-electron chi connectivity index (χ3n) is 2.09. The molecule has 1 atom stereocenters. The largest absolute Gasteiger partial charge is 0.355 e. The van der Waals surface area contributed by atoms with Crippen molar-refractivity contribution in [2.45, 2.75) is 25.1 Å². The van der Waals surface area contributed by atoms with E-state index in [1.807, 2.05) is 37.3 Å². The van der Waals surface area contributed by atoms with Crippen LogP contribution in [0.4, 0.5) is 0 Å². The molecule has 0 saturated heterocycles. The van der Waals surface area contributed by atoms with Crippen molar-refractivity contribution >= 4 is 17.5 Å². The topological polar surface area (TPSA) is 29.1 Å². The summed E-state index contributed by atoms with van der Waals surface area (Å²) in [6.45, 7) is 2.71. The smallest absolute Gasteiger partial charge is 0.238 e. The first-order valence-electron chi connectivity index (χ1n) is 5.19. The van der Waals surface area contributed by atoms with Gasteiger partial charge in [-0.05, 0) is 18.4 Å². The summed E-state index contributed by atoms with van der Waals surface area (Å²) in [5.74, 6) is -0.0811. The SMILES string of the molecule is CCCNC(=O)C(Cl)Cc1ccccc1. The molecular weight excluding hydrogens is 210 g/mol. The summed E-state index contributed by atoms with van der Waals surface area (Å²) in [5.41, 5.74) is 1.09. The molecule has 0 radical (unpaired) electrons. The Hall–Kier alpha value is -1.02. The summed E-state index contributed by atoms with van der Waals surface area (Å²) in [7, 11) is 0. The summed E-state index contributed by atoms with van der Waals surface area (Å²) in [5, 5.41) is 2.31. The van der Waals surface area contributed by atoms with Gasteiger partial charge in [0.2, 0.25) is 5.91 Å². The lowest BCUT2D eigenvalue weighted by Crippen LogP contribution is -2.33. The van der Waals surface area contributed by atoms with Crippen LogP contribution in [0.3, 0.4) is 0 Å². The van der Waals surface area contributed by atoms with E-state index < -0.39 is 5.38 Å². The Kier molecular flexibility index (Phi) is 5.19. The highest BCUT2D eigenvalue weighted by molar-refractivity contribution is 6.30. The van der Waals surface area contributed by atoms with Gasteiger partial charge < -0.3 is 5.32 Å². The minimum Gasteiger partial charge on any atom is -0.355 e. The molecule has 82 valence electrons. The molecule has 0 bridgehead atoms. The first kappa shape index (κ1) is 12.1. The lowest BCUT2D eigenvalue weighted by Gasteiger charge is -2.09. The van der Waals surface area contributed by atoms with Crippen LogP contribution in [0.25, 0.3) is 0 Å². The first-order chi connectivity index (χ1) is 7.24. The molecular formula is C12H16ClNO. The fourth-order valence-electron chi connectivity index (χ4n) is 1.27. The Morgan fingerprint density at radius 1 is 1.40 bits per heavy atom. The number of halogens is 1. The number of alkyl halides is 1. The van der Waals surface area contributed by atoms with E-state index >= 15 is 0 Å². The molecule has 1 rings (SSSR count). The minimum atomic E-state index is -0.473. The maximum atomic E-state index is 11.5. The van der Waals surface area contributed by atoms with Crippen LogP contribution in [0.15, 0.2) is 30.3 Å². The predicted molar refractivity (Wildman–Crippen MR) is 63.1 cm³/mol. The summed E-state index contributed by atoms with van der Waals surface area (Å²) >= 11 is 5.99. The third-order valence-corrected chi connectivity index (χ3v) is 2.44. The highest BCUT2D eigenvalue weighted by Crippen LogP contribution is 2.07. The number of amides is 1. The molecule has 1 unspecified atom stereocenters. The van der Waals surface area contributed by atoms with Crippen molar-refractivity contribution in [3.8, 4) is 0 Å². The van der Waals surface area contributed by atoms with Gasteiger partial charge in [-0.2, -0.15) is 0 Å². The van der Waals surface area contributed by atoms with E-state index in [1.165, 1.54) is 0 Å². The Morgan fingerprint density at radius 2 is 2.07 bits per heavy atom. The zero-order chi connectivity index (χ0) is 11.1. The van der Waals surface area contributed by atoms with E-state index in [1.54, 1.807) is 0 Å². The second-order valence-corrected chi connectivity index (χ2v) is 3.98. The molecule has 0 aliphatic rings. The van der Waals surface area contributed by atoms with Gasteiger partial charge in [0, 0.05) is 6.54 Å². The van der Waals surface area contributed by atoms with E-state index in [0.29, 0.717) is 13.0 Å². The van der Waals surface area contributed by atoms with Gasteiger partial charge in [-0.15, -0.1) is 11.6 Å². The Morgan fingerprint density at radius 3 is 2.67 bits per heavy atom. The number of nitrogens with one attached hydrogen (secondary N) is 1. The normalized spacial score (nSPS) is 12.1. The second kappa shape index (κ2) is 6.46. The molecule has 1 amide bonds. The summed E-state index contributed by atoms with van der Waals surface area (Å²) < 4.78 is 0. The number of benzene rings is 1. The standard InChI is InChI=1S/C12H16ClNO/c1-2-8-14-12(15)11(13)9-10-6-4-3-5-7-10/h3-7,11H,2,8-9H2,1H3,(H,14,15). The first-order valence-corrected chi connectivity index (χ1v) is 5.63. The van der Waals surface area contributed by atoms with Crippen LogP contribution in [0.2, 0.25) is 0 Å². The second-order valence-electron chi connectivity index (χ2n) is 3.45. The number of rotatable bonds is 5. The average Bonchev–Trinajstić information content (AvgIpc) is 2.27. The predicted octanol–water partition coefficient (Wildman–Crippen LogP) is 2.36. The molecule has 0 saturated carbocycles. The number of carbonyl (C=O) groups excluding carboxylic acids is 1. The van der Waals surface area contributed by atoms with Crippen LogP contribution < -0.4 is 5.32 Å². The molecule has 1 N–H and O–H groups in total. The fourth-order valence-corrected chi connectivity index (χ4v) is 1.53. The van der Waals surface area contributed by atoms with Gasteiger partial charge in [-0.3, -0.25) is 4.79 Å². The van der Waals surface area contributed by atoms with Gasteiger partial charge in [0.1, 0.15) is 5.38 Å². The minimum absolute atomic E-state index is 0.0811. The van der Waals surface area contributed by atoms with Crippen LogP contribution in [-0.2, 0) is 11.2 Å². The maximum absolute atomic E-state index is 11.5. The van der Waals surface area contributed by atoms with Crippen LogP contribution in [0.1, 0.15) is 18.9 Å². The molecule has 0 aromatic heterocycles. The van der Waals surface area contributed by atoms with Gasteiger partial charge >= 0.3 is 0 Å². The Bertz CT molecular complexity index is 300. The van der Waals surface area contributed by atoms with Crippen LogP contribution in [-0.4, -0.2) is 17.8 Å². The number of hydrogen-bond donors (Lipinski definition) is 1. The van der Waals surface area contributed by atoms with E-state index in [4.69, 9.17) is 11.6 Å². The van der Waals surface area contributed by atoms with E-state index in [0.717, 1.165) is 12.0 Å². The van der Waals surface area contributed by atoms with E-state index in [-0.39, 0.29) is 5.91 Å². The molecule has 0 spiro atoms. The van der Waals surface area contributed by atoms with E-state index in [9.17, 15) is 4.79 Å². The van der Waals surface area contributed by atoms with Crippen LogP contribution in [0, 0.1) is 0 Å². The van der Waals surface area contributed by atoms with Gasteiger partial charge in [-0.25, -0.2) is 0 Å². The number of carbonyl (C=O) groups is 1. The fraction of sp³-hybridized carbons (Fsp3) is 0.417. The van der Waals surface area contributed by atoms with E-state index in [2.05, 4.69) is 5.32 Å². The molecule has 15 heavy (non-hydrogen) atoms. The van der Waals surface area contributed by atoms with Gasteiger partial charge in [0.25, 0.3) is 0 Å². The molecule has 3 heteroatoms.